The number of hydrogen-bond acceptors (Lipinski definition) is 8. The number of carboxylic acids is 1. The van der Waals surface area contributed by atoms with Crippen LogP contribution in [0.25, 0.3) is 0 Å². The van der Waals surface area contributed by atoms with E-state index in [0.717, 1.165) is 25.8 Å². The van der Waals surface area contributed by atoms with Crippen molar-refractivity contribution in [3.8, 4) is 5.75 Å². The van der Waals surface area contributed by atoms with Gasteiger partial charge in [-0.3, -0.25) is 0 Å². The summed E-state index contributed by atoms with van der Waals surface area (Å²) in [5.41, 5.74) is -0.361. The van der Waals surface area contributed by atoms with Crippen LogP contribution in [0.5, 0.6) is 5.75 Å². The van der Waals surface area contributed by atoms with Crippen molar-refractivity contribution >= 4 is 5.97 Å². The van der Waals surface area contributed by atoms with Crippen molar-refractivity contribution < 1.29 is 39.8 Å². The highest BCUT2D eigenvalue weighted by atomic mass is 16.7. The number of nitrogens with zero attached hydrogens (tertiary/aromatic N) is 1. The second-order valence-corrected chi connectivity index (χ2v) is 8.51. The molecule has 0 unspecified atom stereocenters. The predicted octanol–water partition coefficient (Wildman–Crippen LogP) is -0.103. The van der Waals surface area contributed by atoms with Crippen LogP contribution in [0.4, 0.5) is 0 Å². The SMILES string of the molecule is CN(C)C[C@H]1CCCC[C@@]1(O)c1cccc(O[C@@H]2O[C@H](C(=O)O)[C@@H](O)[C@H](O)[C@@H]2O)c1. The van der Waals surface area contributed by atoms with Gasteiger partial charge in [0.05, 0.1) is 5.60 Å². The van der Waals surface area contributed by atoms with Crippen molar-refractivity contribution in [2.24, 2.45) is 5.92 Å². The Bertz CT molecular complexity index is 743. The molecule has 2 aliphatic rings. The maximum absolute atomic E-state index is 11.5. The Labute approximate surface area is 175 Å². The van der Waals surface area contributed by atoms with Crippen LogP contribution in [-0.4, -0.2) is 87.7 Å². The first-order valence-electron chi connectivity index (χ1n) is 10.2. The normalized spacial score (nSPS) is 37.2. The largest absolute Gasteiger partial charge is 0.479 e. The van der Waals surface area contributed by atoms with Gasteiger partial charge in [-0.25, -0.2) is 4.79 Å². The summed E-state index contributed by atoms with van der Waals surface area (Å²) in [7, 11) is 3.93. The van der Waals surface area contributed by atoms with Crippen LogP contribution in [0.15, 0.2) is 24.3 Å². The lowest BCUT2D eigenvalue weighted by molar-refractivity contribution is -0.271. The minimum atomic E-state index is -1.78. The number of hydrogen-bond donors (Lipinski definition) is 5. The van der Waals surface area contributed by atoms with E-state index in [1.165, 1.54) is 0 Å². The zero-order chi connectivity index (χ0) is 22.1. The Kier molecular flexibility index (Phi) is 7.01. The van der Waals surface area contributed by atoms with Crippen LogP contribution in [0, 0.1) is 5.92 Å². The van der Waals surface area contributed by atoms with Crippen molar-refractivity contribution in [2.45, 2.75) is 62.0 Å². The number of carbonyl (C=O) groups is 1. The van der Waals surface area contributed by atoms with Gasteiger partial charge >= 0.3 is 5.97 Å². The lowest BCUT2D eigenvalue weighted by Crippen LogP contribution is -2.61. The topological polar surface area (TPSA) is 140 Å². The molecule has 1 aromatic carbocycles. The quantitative estimate of drug-likeness (QED) is 0.422. The Morgan fingerprint density at radius 2 is 1.93 bits per heavy atom. The van der Waals surface area contributed by atoms with Crippen LogP contribution in [0.2, 0.25) is 0 Å². The van der Waals surface area contributed by atoms with Crippen molar-refractivity contribution in [3.63, 3.8) is 0 Å². The van der Waals surface area contributed by atoms with Crippen LogP contribution in [0.3, 0.4) is 0 Å². The molecule has 1 aliphatic heterocycles. The Hall–Kier alpha value is -1.75. The summed E-state index contributed by atoms with van der Waals surface area (Å²) in [6, 6.07) is 6.77. The monoisotopic (exact) mass is 425 g/mol. The zero-order valence-corrected chi connectivity index (χ0v) is 17.2. The van der Waals surface area contributed by atoms with E-state index in [2.05, 4.69) is 0 Å². The first-order valence-corrected chi connectivity index (χ1v) is 10.2. The molecule has 168 valence electrons. The molecule has 0 bridgehead atoms. The molecule has 1 aliphatic carbocycles. The highest BCUT2D eigenvalue weighted by Crippen LogP contribution is 2.43. The van der Waals surface area contributed by atoms with Gasteiger partial charge in [0, 0.05) is 12.5 Å². The molecule has 1 aromatic rings. The zero-order valence-electron chi connectivity index (χ0n) is 17.2. The van der Waals surface area contributed by atoms with Gasteiger partial charge in [0.25, 0.3) is 0 Å². The van der Waals surface area contributed by atoms with Gasteiger partial charge in [-0.1, -0.05) is 25.0 Å². The first-order chi connectivity index (χ1) is 14.1. The molecular formula is C21H31NO8. The molecular weight excluding hydrogens is 394 g/mol. The average molecular weight is 425 g/mol. The predicted molar refractivity (Wildman–Crippen MR) is 106 cm³/mol. The van der Waals surface area contributed by atoms with Crippen LogP contribution in [-0.2, 0) is 15.1 Å². The Morgan fingerprint density at radius 1 is 1.20 bits per heavy atom. The maximum Gasteiger partial charge on any atom is 0.335 e. The fraction of sp³-hybridized carbons (Fsp3) is 0.667. The molecule has 1 heterocycles. The first kappa shape index (κ1) is 22.9. The van der Waals surface area contributed by atoms with Crippen molar-refractivity contribution in [1.29, 1.82) is 0 Å². The third kappa shape index (κ3) is 4.61. The third-order valence-electron chi connectivity index (χ3n) is 6.02. The molecule has 0 aromatic heterocycles. The van der Waals surface area contributed by atoms with Crippen molar-refractivity contribution in [1.82, 2.24) is 4.90 Å². The summed E-state index contributed by atoms with van der Waals surface area (Å²) in [5, 5.41) is 50.6. The van der Waals surface area contributed by atoms with Gasteiger partial charge in [0.1, 0.15) is 24.1 Å². The highest BCUT2D eigenvalue weighted by molar-refractivity contribution is 5.73. The smallest absolute Gasteiger partial charge is 0.335 e. The Balaban J connectivity index is 1.82. The molecule has 0 amide bonds. The molecule has 3 rings (SSSR count). The van der Waals surface area contributed by atoms with Gasteiger partial charge in [-0.05, 0) is 44.6 Å². The fourth-order valence-electron chi connectivity index (χ4n) is 4.41. The third-order valence-corrected chi connectivity index (χ3v) is 6.02. The fourth-order valence-corrected chi connectivity index (χ4v) is 4.41. The maximum atomic E-state index is 11.5. The molecule has 9 heteroatoms. The molecule has 0 spiro atoms. The number of benzene rings is 1. The van der Waals surface area contributed by atoms with E-state index in [1.807, 2.05) is 25.1 Å². The molecule has 2 fully saturated rings. The number of rotatable bonds is 6. The van der Waals surface area contributed by atoms with E-state index in [9.17, 15) is 30.3 Å². The summed E-state index contributed by atoms with van der Waals surface area (Å²) in [4.78, 5) is 13.3. The minimum absolute atomic E-state index is 0.0429. The molecule has 9 nitrogen and oxygen atoms in total. The molecule has 7 atom stereocenters. The van der Waals surface area contributed by atoms with Gasteiger partial charge < -0.3 is 39.9 Å². The lowest BCUT2D eigenvalue weighted by Gasteiger charge is -2.42. The standard InChI is InChI=1S/C21H31NO8/c1-22(2)11-13-6-3-4-9-21(13,28)12-7-5-8-14(10-12)29-20-17(25)15(23)16(24)18(30-20)19(26)27/h5,7-8,10,13,15-18,20,23-25,28H,3-4,6,9,11H2,1-2H3,(H,26,27)/t13-,15+,16+,17+,18+,20-,21-/m1/s1. The van der Waals surface area contributed by atoms with E-state index in [4.69, 9.17) is 9.47 Å². The van der Waals surface area contributed by atoms with Crippen LogP contribution >= 0.6 is 0 Å². The molecule has 0 radical (unpaired) electrons. The van der Waals surface area contributed by atoms with Crippen LogP contribution < -0.4 is 4.74 Å². The number of carboxylic acid groups (broad SMARTS) is 1. The molecule has 1 saturated heterocycles. The second kappa shape index (κ2) is 9.17. The summed E-state index contributed by atoms with van der Waals surface area (Å²) < 4.78 is 10.8. The van der Waals surface area contributed by atoms with E-state index < -0.39 is 42.3 Å². The second-order valence-electron chi connectivity index (χ2n) is 8.51. The minimum Gasteiger partial charge on any atom is -0.479 e. The summed E-state index contributed by atoms with van der Waals surface area (Å²) in [6.07, 6.45) is -4.91. The van der Waals surface area contributed by atoms with E-state index >= 15 is 0 Å². The van der Waals surface area contributed by atoms with Gasteiger partial charge in [0.15, 0.2) is 6.10 Å². The van der Waals surface area contributed by atoms with Crippen molar-refractivity contribution in [2.75, 3.05) is 20.6 Å². The van der Waals surface area contributed by atoms with E-state index in [1.54, 1.807) is 18.2 Å². The lowest BCUT2D eigenvalue weighted by atomic mass is 9.71. The average Bonchev–Trinajstić information content (AvgIpc) is 2.70. The van der Waals surface area contributed by atoms with Gasteiger partial charge in [0.2, 0.25) is 6.29 Å². The number of aliphatic carboxylic acids is 1. The molecule has 5 N–H and O–H groups in total. The summed E-state index contributed by atoms with van der Waals surface area (Å²) in [6.45, 7) is 0.733. The summed E-state index contributed by atoms with van der Waals surface area (Å²) >= 11 is 0. The molecule has 1 saturated carbocycles. The number of aliphatic hydroxyl groups is 4. The van der Waals surface area contributed by atoms with Gasteiger partial charge in [-0.15, -0.1) is 0 Å². The van der Waals surface area contributed by atoms with Gasteiger partial charge in [-0.2, -0.15) is 0 Å². The Morgan fingerprint density at radius 3 is 2.60 bits per heavy atom. The molecule has 30 heavy (non-hydrogen) atoms. The number of ether oxygens (including phenoxy) is 2. The summed E-state index contributed by atoms with van der Waals surface area (Å²) in [5.74, 6) is -1.17. The van der Waals surface area contributed by atoms with E-state index in [-0.39, 0.29) is 11.7 Å². The van der Waals surface area contributed by atoms with Crippen LogP contribution in [0.1, 0.15) is 31.2 Å². The van der Waals surface area contributed by atoms with Crippen molar-refractivity contribution in [3.05, 3.63) is 29.8 Å². The number of aliphatic hydroxyl groups excluding tert-OH is 3. The highest BCUT2D eigenvalue weighted by Gasteiger charge is 2.48. The van der Waals surface area contributed by atoms with E-state index in [0.29, 0.717) is 12.0 Å².